The number of amides is 1. The van der Waals surface area contributed by atoms with Gasteiger partial charge in [-0.15, -0.1) is 0 Å². The van der Waals surface area contributed by atoms with Crippen molar-refractivity contribution in [1.82, 2.24) is 4.90 Å². The van der Waals surface area contributed by atoms with Gasteiger partial charge >= 0.3 is 0 Å². The predicted molar refractivity (Wildman–Crippen MR) is 88.0 cm³/mol. The summed E-state index contributed by atoms with van der Waals surface area (Å²) >= 11 is 0. The Morgan fingerprint density at radius 1 is 1.43 bits per heavy atom. The highest BCUT2D eigenvalue weighted by Crippen LogP contribution is 2.18. The summed E-state index contributed by atoms with van der Waals surface area (Å²) in [6, 6.07) is 8.18. The lowest BCUT2D eigenvalue weighted by Gasteiger charge is -2.21. The van der Waals surface area contributed by atoms with Gasteiger partial charge in [0.25, 0.3) is 5.91 Å². The van der Waals surface area contributed by atoms with E-state index in [1.165, 1.54) is 6.20 Å². The Hall–Kier alpha value is -2.53. The van der Waals surface area contributed by atoms with Gasteiger partial charge in [0, 0.05) is 30.7 Å². The molecule has 0 radical (unpaired) electrons. The van der Waals surface area contributed by atoms with Crippen LogP contribution in [0.15, 0.2) is 36.0 Å². The number of hydrogen-bond acceptors (Lipinski definition) is 6. The molecular weight excluding hydrogens is 316 g/mol. The van der Waals surface area contributed by atoms with Crippen molar-refractivity contribution in [2.75, 3.05) is 29.6 Å². The van der Waals surface area contributed by atoms with Gasteiger partial charge in [-0.1, -0.05) is 0 Å². The molecule has 0 aromatic heterocycles. The molecule has 1 saturated heterocycles. The molecule has 0 spiro atoms. The highest BCUT2D eigenvalue weighted by molar-refractivity contribution is 7.91. The van der Waals surface area contributed by atoms with Crippen LogP contribution in [0.4, 0.5) is 11.4 Å². The number of sulfone groups is 1. The minimum Gasteiger partial charge on any atom is -0.399 e. The number of nitrogens with two attached hydrogens (primary N) is 1. The number of nitrogen functional groups attached to an aromatic ring is 1. The number of rotatable bonds is 4. The third-order valence-electron chi connectivity index (χ3n) is 3.65. The first kappa shape index (κ1) is 16.8. The molecule has 2 rings (SSSR count). The van der Waals surface area contributed by atoms with Crippen molar-refractivity contribution in [1.29, 1.82) is 5.26 Å². The van der Waals surface area contributed by atoms with Crippen LogP contribution >= 0.6 is 0 Å². The lowest BCUT2D eigenvalue weighted by atomic mass is 10.2. The average Bonchev–Trinajstić information content (AvgIpc) is 2.87. The highest BCUT2D eigenvalue weighted by atomic mass is 32.2. The molecule has 1 aromatic rings. The van der Waals surface area contributed by atoms with Crippen molar-refractivity contribution in [3.05, 3.63) is 36.0 Å². The number of carbonyl (C=O) groups is 1. The molecule has 122 valence electrons. The summed E-state index contributed by atoms with van der Waals surface area (Å²) in [5, 5.41) is 11.8. The van der Waals surface area contributed by atoms with Crippen LogP contribution < -0.4 is 11.1 Å². The van der Waals surface area contributed by atoms with E-state index in [4.69, 9.17) is 11.0 Å². The molecule has 0 aliphatic carbocycles. The van der Waals surface area contributed by atoms with Crippen LogP contribution in [0.3, 0.4) is 0 Å². The third-order valence-corrected chi connectivity index (χ3v) is 5.40. The molecule has 1 heterocycles. The molecule has 1 aliphatic heterocycles. The molecule has 1 atom stereocenters. The molecule has 0 saturated carbocycles. The zero-order valence-corrected chi connectivity index (χ0v) is 13.5. The number of benzene rings is 1. The topological polar surface area (TPSA) is 116 Å². The first-order valence-electron chi connectivity index (χ1n) is 7.02. The van der Waals surface area contributed by atoms with Gasteiger partial charge in [0.1, 0.15) is 11.6 Å². The molecule has 8 heteroatoms. The number of carbonyl (C=O) groups excluding carboxylic acids is 1. The third kappa shape index (κ3) is 4.47. The van der Waals surface area contributed by atoms with Crippen molar-refractivity contribution in [2.45, 2.75) is 12.5 Å². The largest absolute Gasteiger partial charge is 0.399 e. The van der Waals surface area contributed by atoms with Gasteiger partial charge in [-0.3, -0.25) is 4.79 Å². The maximum absolute atomic E-state index is 12.1. The molecule has 1 amide bonds. The van der Waals surface area contributed by atoms with Gasteiger partial charge in [-0.2, -0.15) is 5.26 Å². The smallest absolute Gasteiger partial charge is 0.267 e. The Balaban J connectivity index is 2.07. The van der Waals surface area contributed by atoms with Crippen molar-refractivity contribution in [3.8, 4) is 6.07 Å². The van der Waals surface area contributed by atoms with Crippen molar-refractivity contribution in [2.24, 2.45) is 0 Å². The summed E-state index contributed by atoms with van der Waals surface area (Å²) < 4.78 is 23.0. The summed E-state index contributed by atoms with van der Waals surface area (Å²) in [6.45, 7) is 0. The molecule has 1 fully saturated rings. The monoisotopic (exact) mass is 334 g/mol. The van der Waals surface area contributed by atoms with Crippen LogP contribution in [0.1, 0.15) is 6.42 Å². The molecular formula is C15H18N4O3S. The Labute approximate surface area is 135 Å². The number of anilines is 2. The fourth-order valence-electron chi connectivity index (χ4n) is 2.31. The number of nitriles is 1. The van der Waals surface area contributed by atoms with Gasteiger partial charge in [0.15, 0.2) is 9.84 Å². The lowest BCUT2D eigenvalue weighted by molar-refractivity contribution is -0.112. The van der Waals surface area contributed by atoms with Crippen molar-refractivity contribution >= 4 is 27.1 Å². The SMILES string of the molecule is CN(/C=C(/C#N)C(=O)Nc1ccc(N)cc1)C1CCS(=O)(=O)C1. The average molecular weight is 334 g/mol. The maximum Gasteiger partial charge on any atom is 0.267 e. The second kappa shape index (κ2) is 6.71. The molecule has 1 aliphatic rings. The van der Waals surface area contributed by atoms with Crippen LogP contribution in [0.5, 0.6) is 0 Å². The lowest BCUT2D eigenvalue weighted by Crippen LogP contribution is -2.29. The summed E-state index contributed by atoms with van der Waals surface area (Å²) in [4.78, 5) is 13.7. The minimum absolute atomic E-state index is 0.0400. The van der Waals surface area contributed by atoms with E-state index >= 15 is 0 Å². The zero-order valence-electron chi connectivity index (χ0n) is 12.7. The highest BCUT2D eigenvalue weighted by Gasteiger charge is 2.30. The summed E-state index contributed by atoms with van der Waals surface area (Å²) in [5.74, 6) is -0.377. The van der Waals surface area contributed by atoms with Crippen LogP contribution in [-0.4, -0.2) is 43.8 Å². The van der Waals surface area contributed by atoms with Gasteiger partial charge in [0.2, 0.25) is 0 Å². The van der Waals surface area contributed by atoms with E-state index in [0.29, 0.717) is 17.8 Å². The minimum atomic E-state index is -3.02. The number of hydrogen-bond donors (Lipinski definition) is 2. The molecule has 23 heavy (non-hydrogen) atoms. The normalized spacial score (nSPS) is 19.8. The van der Waals surface area contributed by atoms with Gasteiger partial charge in [-0.05, 0) is 30.7 Å². The Morgan fingerprint density at radius 2 is 2.09 bits per heavy atom. The second-order valence-electron chi connectivity index (χ2n) is 5.45. The number of nitrogens with zero attached hydrogens (tertiary/aromatic N) is 2. The summed E-state index contributed by atoms with van der Waals surface area (Å²) in [7, 11) is -1.36. The first-order chi connectivity index (χ1) is 10.8. The Kier molecular flexibility index (Phi) is 4.91. The molecule has 1 aromatic carbocycles. The van der Waals surface area contributed by atoms with Gasteiger partial charge < -0.3 is 16.0 Å². The zero-order chi connectivity index (χ0) is 17.0. The van der Waals surface area contributed by atoms with Crippen molar-refractivity contribution in [3.63, 3.8) is 0 Å². The van der Waals surface area contributed by atoms with E-state index < -0.39 is 15.7 Å². The van der Waals surface area contributed by atoms with Crippen LogP contribution in [0.2, 0.25) is 0 Å². The van der Waals surface area contributed by atoms with Crippen LogP contribution in [0.25, 0.3) is 0 Å². The molecule has 1 unspecified atom stereocenters. The van der Waals surface area contributed by atoms with E-state index in [9.17, 15) is 13.2 Å². The fraction of sp³-hybridized carbons (Fsp3) is 0.333. The maximum atomic E-state index is 12.1. The fourth-order valence-corrected chi connectivity index (χ4v) is 4.09. The van der Waals surface area contributed by atoms with E-state index in [1.807, 2.05) is 6.07 Å². The van der Waals surface area contributed by atoms with Crippen LogP contribution in [0, 0.1) is 11.3 Å². The quantitative estimate of drug-likeness (QED) is 0.476. The van der Waals surface area contributed by atoms with Crippen LogP contribution in [-0.2, 0) is 14.6 Å². The van der Waals surface area contributed by atoms with Gasteiger partial charge in [0.05, 0.1) is 11.5 Å². The molecule has 7 nitrogen and oxygen atoms in total. The van der Waals surface area contributed by atoms with E-state index in [1.54, 1.807) is 36.2 Å². The first-order valence-corrected chi connectivity index (χ1v) is 8.84. The number of nitrogens with one attached hydrogen (secondary N) is 1. The van der Waals surface area contributed by atoms with E-state index in [-0.39, 0.29) is 23.1 Å². The second-order valence-corrected chi connectivity index (χ2v) is 7.68. The van der Waals surface area contributed by atoms with Crippen molar-refractivity contribution < 1.29 is 13.2 Å². The molecule has 0 bridgehead atoms. The Bertz CT molecular complexity index is 763. The summed E-state index contributed by atoms with van der Waals surface area (Å²) in [6.07, 6.45) is 1.88. The Morgan fingerprint density at radius 3 is 2.61 bits per heavy atom. The summed E-state index contributed by atoms with van der Waals surface area (Å²) in [5.41, 5.74) is 6.57. The van der Waals surface area contributed by atoms with E-state index in [2.05, 4.69) is 5.32 Å². The van der Waals surface area contributed by atoms with Gasteiger partial charge in [-0.25, -0.2) is 8.42 Å². The predicted octanol–water partition coefficient (Wildman–Crippen LogP) is 0.734. The van der Waals surface area contributed by atoms with E-state index in [0.717, 1.165) is 0 Å². The standard InChI is InChI=1S/C15H18N4O3S/c1-19(14-6-7-23(21,22)10-14)9-11(8-16)15(20)18-13-4-2-12(17)3-5-13/h2-5,9,14H,6-7,10,17H2,1H3,(H,18,20)/b11-9-. The molecule has 3 N–H and O–H groups in total.